The summed E-state index contributed by atoms with van der Waals surface area (Å²) in [5, 5.41) is 5.99. The zero-order chi connectivity index (χ0) is 18.2. The van der Waals surface area contributed by atoms with Crippen molar-refractivity contribution in [3.63, 3.8) is 0 Å². The van der Waals surface area contributed by atoms with Gasteiger partial charge in [-0.05, 0) is 30.5 Å². The number of anilines is 2. The Bertz CT molecular complexity index is 744. The Morgan fingerprint density at radius 3 is 2.68 bits per heavy atom. The number of ether oxygens (including phenoxy) is 1. The van der Waals surface area contributed by atoms with Gasteiger partial charge in [0, 0.05) is 12.7 Å². The summed E-state index contributed by atoms with van der Waals surface area (Å²) in [5.74, 6) is -0.0713. The normalized spacial score (nSPS) is 10.4. The minimum Gasteiger partial charge on any atom is -0.465 e. The van der Waals surface area contributed by atoms with E-state index in [1.165, 1.54) is 13.3 Å². The SMILES string of the molecule is COC(=O)c1ccccc1Nc1cncc(C(=O)NCCC(C)C)c1. The second-order valence-corrected chi connectivity index (χ2v) is 6.06. The number of nitrogens with zero attached hydrogens (tertiary/aromatic N) is 1. The lowest BCUT2D eigenvalue weighted by atomic mass is 10.1. The summed E-state index contributed by atoms with van der Waals surface area (Å²) in [6.45, 7) is 4.84. The number of methoxy groups -OCH3 is 1. The summed E-state index contributed by atoms with van der Waals surface area (Å²) in [4.78, 5) is 28.1. The van der Waals surface area contributed by atoms with Crippen molar-refractivity contribution in [1.29, 1.82) is 0 Å². The maximum Gasteiger partial charge on any atom is 0.339 e. The number of pyridine rings is 1. The van der Waals surface area contributed by atoms with E-state index in [0.29, 0.717) is 35.0 Å². The van der Waals surface area contributed by atoms with E-state index in [4.69, 9.17) is 4.74 Å². The van der Waals surface area contributed by atoms with Crippen LogP contribution in [0, 0.1) is 5.92 Å². The molecule has 2 rings (SSSR count). The number of amides is 1. The Hall–Kier alpha value is -2.89. The van der Waals surface area contributed by atoms with Crippen molar-refractivity contribution in [1.82, 2.24) is 10.3 Å². The first-order valence-corrected chi connectivity index (χ1v) is 8.19. The van der Waals surface area contributed by atoms with Crippen LogP contribution in [-0.2, 0) is 4.74 Å². The molecule has 1 aromatic carbocycles. The van der Waals surface area contributed by atoms with Gasteiger partial charge in [0.1, 0.15) is 0 Å². The molecule has 25 heavy (non-hydrogen) atoms. The van der Waals surface area contributed by atoms with E-state index in [-0.39, 0.29) is 5.91 Å². The standard InChI is InChI=1S/C19H23N3O3/c1-13(2)8-9-21-18(23)14-10-15(12-20-11-14)22-17-7-5-4-6-16(17)19(24)25-3/h4-7,10-13,22H,8-9H2,1-3H3,(H,21,23). The van der Waals surface area contributed by atoms with Crippen molar-refractivity contribution in [3.8, 4) is 0 Å². The zero-order valence-corrected chi connectivity index (χ0v) is 14.7. The van der Waals surface area contributed by atoms with Gasteiger partial charge in [-0.3, -0.25) is 9.78 Å². The molecule has 0 aliphatic carbocycles. The molecule has 1 aromatic heterocycles. The van der Waals surface area contributed by atoms with Crippen LogP contribution in [0.25, 0.3) is 0 Å². The van der Waals surface area contributed by atoms with E-state index < -0.39 is 5.97 Å². The number of carbonyl (C=O) groups excluding carboxylic acids is 2. The van der Waals surface area contributed by atoms with Crippen LogP contribution < -0.4 is 10.6 Å². The van der Waals surface area contributed by atoms with Crippen molar-refractivity contribution < 1.29 is 14.3 Å². The molecule has 2 N–H and O–H groups in total. The van der Waals surface area contributed by atoms with E-state index in [1.807, 2.05) is 6.07 Å². The van der Waals surface area contributed by atoms with E-state index in [2.05, 4.69) is 29.5 Å². The first-order valence-electron chi connectivity index (χ1n) is 8.19. The third kappa shape index (κ3) is 5.31. The van der Waals surface area contributed by atoms with Gasteiger partial charge >= 0.3 is 5.97 Å². The van der Waals surface area contributed by atoms with Crippen LogP contribution in [-0.4, -0.2) is 30.5 Å². The molecule has 0 spiro atoms. The van der Waals surface area contributed by atoms with Crippen LogP contribution in [0.2, 0.25) is 0 Å². The predicted molar refractivity (Wildman–Crippen MR) is 97.1 cm³/mol. The highest BCUT2D eigenvalue weighted by molar-refractivity contribution is 5.97. The van der Waals surface area contributed by atoms with E-state index in [9.17, 15) is 9.59 Å². The molecule has 0 aliphatic rings. The Kier molecular flexibility index (Phi) is 6.51. The molecule has 6 nitrogen and oxygen atoms in total. The smallest absolute Gasteiger partial charge is 0.339 e. The fraction of sp³-hybridized carbons (Fsp3) is 0.316. The number of benzene rings is 1. The van der Waals surface area contributed by atoms with Crippen LogP contribution in [0.1, 0.15) is 41.0 Å². The molecule has 0 saturated heterocycles. The van der Waals surface area contributed by atoms with Crippen LogP contribution >= 0.6 is 0 Å². The van der Waals surface area contributed by atoms with Gasteiger partial charge < -0.3 is 15.4 Å². The lowest BCUT2D eigenvalue weighted by Gasteiger charge is -2.12. The number of hydrogen-bond acceptors (Lipinski definition) is 5. The van der Waals surface area contributed by atoms with Crippen LogP contribution in [0.5, 0.6) is 0 Å². The molecule has 1 heterocycles. The summed E-state index contributed by atoms with van der Waals surface area (Å²) in [5.41, 5.74) is 2.09. The van der Waals surface area contributed by atoms with Gasteiger partial charge in [-0.2, -0.15) is 0 Å². The van der Waals surface area contributed by atoms with Gasteiger partial charge in [0.05, 0.1) is 35.8 Å². The van der Waals surface area contributed by atoms with E-state index in [1.54, 1.807) is 30.5 Å². The molecule has 1 amide bonds. The number of nitrogens with one attached hydrogen (secondary N) is 2. The van der Waals surface area contributed by atoms with Crippen LogP contribution in [0.3, 0.4) is 0 Å². The van der Waals surface area contributed by atoms with E-state index in [0.717, 1.165) is 6.42 Å². The molecule has 2 aromatic rings. The molecule has 0 fully saturated rings. The number of para-hydroxylation sites is 1. The summed E-state index contributed by atoms with van der Waals surface area (Å²) in [6, 6.07) is 8.70. The molecule has 0 bridgehead atoms. The third-order valence-corrected chi connectivity index (χ3v) is 3.62. The van der Waals surface area contributed by atoms with Crippen molar-refractivity contribution in [2.24, 2.45) is 5.92 Å². The molecular formula is C19H23N3O3. The monoisotopic (exact) mass is 341 g/mol. The van der Waals surface area contributed by atoms with Gasteiger partial charge in [0.2, 0.25) is 0 Å². The first kappa shape index (κ1) is 18.4. The average Bonchev–Trinajstić information content (AvgIpc) is 2.61. The van der Waals surface area contributed by atoms with Gasteiger partial charge in [-0.25, -0.2) is 4.79 Å². The molecule has 0 aliphatic heterocycles. The highest BCUT2D eigenvalue weighted by Gasteiger charge is 2.12. The second kappa shape index (κ2) is 8.82. The highest BCUT2D eigenvalue weighted by atomic mass is 16.5. The van der Waals surface area contributed by atoms with Crippen molar-refractivity contribution in [3.05, 3.63) is 53.9 Å². The average molecular weight is 341 g/mol. The Morgan fingerprint density at radius 2 is 1.96 bits per heavy atom. The van der Waals surface area contributed by atoms with Gasteiger partial charge in [0.25, 0.3) is 5.91 Å². The minimum absolute atomic E-state index is 0.168. The largest absolute Gasteiger partial charge is 0.465 e. The van der Waals surface area contributed by atoms with Crippen LogP contribution in [0.15, 0.2) is 42.7 Å². The fourth-order valence-electron chi connectivity index (χ4n) is 2.24. The number of aromatic nitrogens is 1. The molecule has 0 radical (unpaired) electrons. The van der Waals surface area contributed by atoms with Gasteiger partial charge in [0.15, 0.2) is 0 Å². The maximum absolute atomic E-state index is 12.2. The summed E-state index contributed by atoms with van der Waals surface area (Å²) in [6.07, 6.45) is 4.03. The maximum atomic E-state index is 12.2. The molecule has 132 valence electrons. The number of carbonyl (C=O) groups is 2. The fourth-order valence-corrected chi connectivity index (χ4v) is 2.24. The van der Waals surface area contributed by atoms with Crippen LogP contribution in [0.4, 0.5) is 11.4 Å². The summed E-state index contributed by atoms with van der Waals surface area (Å²) >= 11 is 0. The zero-order valence-electron chi connectivity index (χ0n) is 14.7. The predicted octanol–water partition coefficient (Wildman–Crippen LogP) is 3.39. The molecular weight excluding hydrogens is 318 g/mol. The number of esters is 1. The van der Waals surface area contributed by atoms with Gasteiger partial charge in [-0.15, -0.1) is 0 Å². The first-order chi connectivity index (χ1) is 12.0. The number of rotatable bonds is 7. The quantitative estimate of drug-likeness (QED) is 0.755. The van der Waals surface area contributed by atoms with E-state index >= 15 is 0 Å². The Balaban J connectivity index is 2.12. The Morgan fingerprint density at radius 1 is 1.20 bits per heavy atom. The lowest BCUT2D eigenvalue weighted by molar-refractivity contribution is 0.0601. The third-order valence-electron chi connectivity index (χ3n) is 3.62. The highest BCUT2D eigenvalue weighted by Crippen LogP contribution is 2.21. The lowest BCUT2D eigenvalue weighted by Crippen LogP contribution is -2.25. The second-order valence-electron chi connectivity index (χ2n) is 6.06. The topological polar surface area (TPSA) is 80.3 Å². The number of hydrogen-bond donors (Lipinski definition) is 2. The molecule has 6 heteroatoms. The van der Waals surface area contributed by atoms with Crippen molar-refractivity contribution >= 4 is 23.3 Å². The summed E-state index contributed by atoms with van der Waals surface area (Å²) < 4.78 is 4.78. The van der Waals surface area contributed by atoms with Gasteiger partial charge in [-0.1, -0.05) is 26.0 Å². The summed E-state index contributed by atoms with van der Waals surface area (Å²) in [7, 11) is 1.34. The molecule has 0 unspecified atom stereocenters. The van der Waals surface area contributed by atoms with Crippen molar-refractivity contribution in [2.75, 3.05) is 19.0 Å². The molecule has 0 atom stereocenters. The minimum atomic E-state index is -0.432. The molecule has 0 saturated carbocycles. The Labute approximate surface area is 147 Å². The van der Waals surface area contributed by atoms with Crippen molar-refractivity contribution in [2.45, 2.75) is 20.3 Å².